The first-order chi connectivity index (χ1) is 9.91. The second kappa shape index (κ2) is 6.18. The van der Waals surface area contributed by atoms with E-state index in [-0.39, 0.29) is 5.56 Å². The number of aliphatic hydroxyl groups is 1. The Morgan fingerprint density at radius 2 is 1.67 bits per heavy atom. The van der Waals surface area contributed by atoms with Crippen molar-refractivity contribution >= 4 is 0 Å². The Kier molecular flexibility index (Phi) is 4.53. The average molecular weight is 296 g/mol. The van der Waals surface area contributed by atoms with Gasteiger partial charge >= 0.3 is 6.18 Å². The normalized spacial score (nSPS) is 13.0. The van der Waals surface area contributed by atoms with E-state index < -0.39 is 17.8 Å². The molecule has 2 nitrogen and oxygen atoms in total. The topological polar surface area (TPSA) is 29.5 Å². The Morgan fingerprint density at radius 1 is 1.05 bits per heavy atom. The minimum atomic E-state index is -4.43. The molecule has 0 aliphatic rings. The molecular weight excluding hydrogens is 281 g/mol. The van der Waals surface area contributed by atoms with Crippen LogP contribution in [0.5, 0.6) is 5.75 Å². The lowest BCUT2D eigenvalue weighted by Gasteiger charge is -2.15. The quantitative estimate of drug-likeness (QED) is 0.917. The molecule has 0 spiro atoms. The Bertz CT molecular complexity index is 608. The third-order valence-electron chi connectivity index (χ3n) is 3.01. The number of aliphatic hydroxyl groups excluding tert-OH is 1. The lowest BCUT2D eigenvalue weighted by molar-refractivity contribution is -0.137. The first-order valence-electron chi connectivity index (χ1n) is 6.50. The third-order valence-corrected chi connectivity index (χ3v) is 3.01. The smallest absolute Gasteiger partial charge is 0.416 e. The van der Waals surface area contributed by atoms with Crippen LogP contribution in [-0.2, 0) is 6.18 Å². The van der Waals surface area contributed by atoms with E-state index in [1.54, 1.807) is 24.3 Å². The van der Waals surface area contributed by atoms with Crippen molar-refractivity contribution in [2.75, 3.05) is 6.61 Å². The van der Waals surface area contributed by atoms with Crippen LogP contribution in [0.3, 0.4) is 0 Å². The molecule has 1 unspecified atom stereocenters. The van der Waals surface area contributed by atoms with Crippen molar-refractivity contribution in [2.24, 2.45) is 0 Å². The van der Waals surface area contributed by atoms with E-state index in [1.165, 1.54) is 12.1 Å². The highest BCUT2D eigenvalue weighted by atomic mass is 19.4. The first kappa shape index (κ1) is 15.4. The zero-order valence-electron chi connectivity index (χ0n) is 11.4. The van der Waals surface area contributed by atoms with Gasteiger partial charge in [-0.05, 0) is 42.3 Å². The zero-order chi connectivity index (χ0) is 15.5. The fourth-order valence-corrected chi connectivity index (χ4v) is 2.02. The molecule has 1 atom stereocenters. The van der Waals surface area contributed by atoms with Crippen LogP contribution in [0.25, 0.3) is 0 Å². The summed E-state index contributed by atoms with van der Waals surface area (Å²) in [5.41, 5.74) is -0.0984. The molecular formula is C16H15F3O2. The van der Waals surface area contributed by atoms with Gasteiger partial charge in [-0.2, -0.15) is 13.2 Å². The average Bonchev–Trinajstić information content (AvgIpc) is 2.46. The zero-order valence-corrected chi connectivity index (χ0v) is 11.4. The molecule has 0 heterocycles. The molecule has 0 aliphatic heterocycles. The molecule has 0 saturated heterocycles. The van der Waals surface area contributed by atoms with E-state index in [1.807, 2.05) is 6.92 Å². The number of rotatable bonds is 4. The summed E-state index contributed by atoms with van der Waals surface area (Å²) in [6.45, 7) is 2.30. The highest BCUT2D eigenvalue weighted by molar-refractivity contribution is 5.37. The molecule has 0 fully saturated rings. The molecule has 0 aliphatic carbocycles. The van der Waals surface area contributed by atoms with Crippen LogP contribution in [0.4, 0.5) is 13.2 Å². The Morgan fingerprint density at radius 3 is 2.29 bits per heavy atom. The van der Waals surface area contributed by atoms with Crippen LogP contribution in [0.15, 0.2) is 48.5 Å². The van der Waals surface area contributed by atoms with Gasteiger partial charge in [-0.3, -0.25) is 0 Å². The van der Waals surface area contributed by atoms with Gasteiger partial charge in [0.2, 0.25) is 0 Å². The minimum Gasteiger partial charge on any atom is -0.494 e. The van der Waals surface area contributed by atoms with E-state index in [9.17, 15) is 18.3 Å². The van der Waals surface area contributed by atoms with Gasteiger partial charge < -0.3 is 9.84 Å². The summed E-state index contributed by atoms with van der Waals surface area (Å²) < 4.78 is 43.4. The van der Waals surface area contributed by atoms with Crippen LogP contribution < -0.4 is 4.74 Å². The first-order valence-corrected chi connectivity index (χ1v) is 6.50. The second-order valence-corrected chi connectivity index (χ2v) is 4.53. The summed E-state index contributed by atoms with van der Waals surface area (Å²) in [4.78, 5) is 0. The predicted molar refractivity (Wildman–Crippen MR) is 73.1 cm³/mol. The van der Waals surface area contributed by atoms with Gasteiger partial charge in [0.15, 0.2) is 0 Å². The van der Waals surface area contributed by atoms with Crippen LogP contribution in [-0.4, -0.2) is 11.7 Å². The van der Waals surface area contributed by atoms with Gasteiger partial charge in [-0.1, -0.05) is 24.3 Å². The minimum absolute atomic E-state index is 0.193. The Balaban J connectivity index is 2.31. The number of hydrogen-bond donors (Lipinski definition) is 1. The van der Waals surface area contributed by atoms with E-state index in [0.717, 1.165) is 12.1 Å². The molecule has 0 bridgehead atoms. The summed E-state index contributed by atoms with van der Waals surface area (Å²) in [5.74, 6) is 0.570. The van der Waals surface area contributed by atoms with Crippen molar-refractivity contribution in [1.29, 1.82) is 0 Å². The summed E-state index contributed by atoms with van der Waals surface area (Å²) >= 11 is 0. The van der Waals surface area contributed by atoms with Gasteiger partial charge in [-0.15, -0.1) is 0 Å². The van der Waals surface area contributed by atoms with Crippen molar-refractivity contribution in [3.63, 3.8) is 0 Å². The number of benzene rings is 2. The van der Waals surface area contributed by atoms with Crippen molar-refractivity contribution in [3.8, 4) is 5.75 Å². The molecule has 21 heavy (non-hydrogen) atoms. The van der Waals surface area contributed by atoms with E-state index >= 15 is 0 Å². The Labute approximate surface area is 120 Å². The highest BCUT2D eigenvalue weighted by Crippen LogP contribution is 2.32. The molecule has 0 aromatic heterocycles. The number of alkyl halides is 3. The second-order valence-electron chi connectivity index (χ2n) is 4.53. The monoisotopic (exact) mass is 296 g/mol. The molecule has 112 valence electrons. The van der Waals surface area contributed by atoms with Gasteiger partial charge in [0, 0.05) is 0 Å². The summed E-state index contributed by atoms with van der Waals surface area (Å²) in [6.07, 6.45) is -5.56. The number of halogens is 3. The van der Waals surface area contributed by atoms with Crippen LogP contribution in [0.1, 0.15) is 29.7 Å². The van der Waals surface area contributed by atoms with E-state index in [2.05, 4.69) is 0 Å². The molecule has 1 N–H and O–H groups in total. The molecule has 2 aromatic carbocycles. The molecule has 2 rings (SSSR count). The number of ether oxygens (including phenoxy) is 1. The van der Waals surface area contributed by atoms with Crippen LogP contribution in [0.2, 0.25) is 0 Å². The van der Waals surface area contributed by atoms with E-state index in [4.69, 9.17) is 4.74 Å². The SMILES string of the molecule is CCOc1cccc(C(O)c2cccc(C(F)(F)F)c2)c1. The van der Waals surface area contributed by atoms with Crippen molar-refractivity contribution in [3.05, 3.63) is 65.2 Å². The lowest BCUT2D eigenvalue weighted by Crippen LogP contribution is -2.07. The van der Waals surface area contributed by atoms with Gasteiger partial charge in [0.05, 0.1) is 12.2 Å². The highest BCUT2D eigenvalue weighted by Gasteiger charge is 2.31. The van der Waals surface area contributed by atoms with Crippen LogP contribution in [0, 0.1) is 0 Å². The molecule has 2 aromatic rings. The van der Waals surface area contributed by atoms with Crippen molar-refractivity contribution in [1.82, 2.24) is 0 Å². The van der Waals surface area contributed by atoms with Crippen molar-refractivity contribution < 1.29 is 23.0 Å². The van der Waals surface area contributed by atoms with Gasteiger partial charge in [-0.25, -0.2) is 0 Å². The summed E-state index contributed by atoms with van der Waals surface area (Å²) in [5, 5.41) is 10.3. The maximum absolute atomic E-state index is 12.7. The summed E-state index contributed by atoms with van der Waals surface area (Å²) in [6, 6.07) is 11.4. The maximum atomic E-state index is 12.7. The molecule has 5 heteroatoms. The van der Waals surface area contributed by atoms with Crippen LogP contribution >= 0.6 is 0 Å². The molecule has 0 amide bonds. The molecule has 0 radical (unpaired) electrons. The fourth-order valence-electron chi connectivity index (χ4n) is 2.02. The van der Waals surface area contributed by atoms with Gasteiger partial charge in [0.25, 0.3) is 0 Å². The van der Waals surface area contributed by atoms with Gasteiger partial charge in [0.1, 0.15) is 11.9 Å². The predicted octanol–water partition coefficient (Wildman–Crippen LogP) is 4.19. The third kappa shape index (κ3) is 3.76. The summed E-state index contributed by atoms with van der Waals surface area (Å²) in [7, 11) is 0. The van der Waals surface area contributed by atoms with Crippen molar-refractivity contribution in [2.45, 2.75) is 19.2 Å². The lowest BCUT2D eigenvalue weighted by atomic mass is 9.99. The largest absolute Gasteiger partial charge is 0.494 e. The Hall–Kier alpha value is -2.01. The maximum Gasteiger partial charge on any atom is 0.416 e. The fraction of sp³-hybridized carbons (Fsp3) is 0.250. The standard InChI is InChI=1S/C16H15F3O2/c1-2-21-14-8-4-6-12(10-14)15(20)11-5-3-7-13(9-11)16(17,18)19/h3-10,15,20H,2H2,1H3. The van der Waals surface area contributed by atoms with E-state index in [0.29, 0.717) is 17.9 Å². The number of hydrogen-bond acceptors (Lipinski definition) is 2. The molecule has 0 saturated carbocycles.